The van der Waals surface area contributed by atoms with E-state index >= 15 is 0 Å². The van der Waals surface area contributed by atoms with Crippen molar-refractivity contribution in [2.45, 2.75) is 25.8 Å². The normalized spacial score (nSPS) is 19.9. The zero-order valence-electron chi connectivity index (χ0n) is 10.8. The number of piperidine rings is 1. The number of nitrogens with one attached hydrogen (secondary N) is 1. The third-order valence-electron chi connectivity index (χ3n) is 3.44. The molecule has 2 rings (SSSR count). The molecule has 0 saturated carbocycles. The van der Waals surface area contributed by atoms with Crippen molar-refractivity contribution in [2.75, 3.05) is 26.3 Å². The van der Waals surface area contributed by atoms with Gasteiger partial charge in [0.1, 0.15) is 0 Å². The fraction of sp³-hybridized carbons (Fsp3) is 0.643. The molecule has 0 bridgehead atoms. The highest BCUT2D eigenvalue weighted by molar-refractivity contribution is 4.92. The number of ether oxygens (including phenoxy) is 1. The van der Waals surface area contributed by atoms with E-state index in [2.05, 4.69) is 5.32 Å². The average molecular weight is 250 g/mol. The molecular weight excluding hydrogens is 228 g/mol. The summed E-state index contributed by atoms with van der Waals surface area (Å²) in [5, 5.41) is 3.41. The van der Waals surface area contributed by atoms with Crippen LogP contribution >= 0.6 is 0 Å². The van der Waals surface area contributed by atoms with Crippen molar-refractivity contribution in [1.29, 1.82) is 0 Å². The molecule has 1 fully saturated rings. The first-order valence-electron chi connectivity index (χ1n) is 6.80. The molecule has 0 aromatic carbocycles. The zero-order valence-corrected chi connectivity index (χ0v) is 10.8. The smallest absolute Gasteiger partial charge is 0.250 e. The van der Waals surface area contributed by atoms with Crippen LogP contribution in [-0.4, -0.2) is 30.9 Å². The molecule has 0 radical (unpaired) electrons. The minimum atomic E-state index is 0.0394. The number of rotatable bonds is 6. The van der Waals surface area contributed by atoms with Gasteiger partial charge >= 0.3 is 0 Å². The topological polar surface area (TPSA) is 43.3 Å². The van der Waals surface area contributed by atoms with Crippen LogP contribution in [0.5, 0.6) is 0 Å². The van der Waals surface area contributed by atoms with Crippen molar-refractivity contribution in [3.63, 3.8) is 0 Å². The molecule has 1 aromatic heterocycles. The maximum absolute atomic E-state index is 11.4. The molecule has 2 heterocycles. The average Bonchev–Trinajstić information content (AvgIpc) is 2.42. The summed E-state index contributed by atoms with van der Waals surface area (Å²) in [6.07, 6.45) is 5.52. The van der Waals surface area contributed by atoms with E-state index < -0.39 is 0 Å². The maximum Gasteiger partial charge on any atom is 0.250 e. The van der Waals surface area contributed by atoms with E-state index in [1.807, 2.05) is 6.07 Å². The molecule has 1 N–H and O–H groups in total. The Morgan fingerprint density at radius 1 is 1.39 bits per heavy atom. The summed E-state index contributed by atoms with van der Waals surface area (Å²) in [5.41, 5.74) is 0.0394. The third-order valence-corrected chi connectivity index (χ3v) is 3.44. The van der Waals surface area contributed by atoms with Crippen molar-refractivity contribution in [2.24, 2.45) is 5.92 Å². The molecule has 0 amide bonds. The van der Waals surface area contributed by atoms with Crippen LogP contribution in [0.4, 0.5) is 0 Å². The van der Waals surface area contributed by atoms with Gasteiger partial charge in [-0.15, -0.1) is 0 Å². The monoisotopic (exact) mass is 250 g/mol. The van der Waals surface area contributed by atoms with E-state index in [1.54, 1.807) is 22.9 Å². The molecule has 1 aliphatic heterocycles. The van der Waals surface area contributed by atoms with Crippen LogP contribution in [0.1, 0.15) is 19.3 Å². The van der Waals surface area contributed by atoms with Gasteiger partial charge < -0.3 is 14.6 Å². The Morgan fingerprint density at radius 2 is 2.33 bits per heavy atom. The molecule has 4 nitrogen and oxygen atoms in total. The Kier molecular flexibility index (Phi) is 5.42. The summed E-state index contributed by atoms with van der Waals surface area (Å²) >= 11 is 0. The predicted octanol–water partition coefficient (Wildman–Crippen LogP) is 1.25. The molecule has 1 unspecified atom stereocenters. The van der Waals surface area contributed by atoms with Gasteiger partial charge in [-0.25, -0.2) is 0 Å². The first-order valence-corrected chi connectivity index (χ1v) is 6.80. The van der Waals surface area contributed by atoms with Crippen molar-refractivity contribution in [1.82, 2.24) is 9.88 Å². The lowest BCUT2D eigenvalue weighted by Gasteiger charge is -2.22. The highest BCUT2D eigenvalue weighted by Gasteiger charge is 2.11. The van der Waals surface area contributed by atoms with Gasteiger partial charge in [0.05, 0.1) is 6.61 Å². The highest BCUT2D eigenvalue weighted by atomic mass is 16.5. The van der Waals surface area contributed by atoms with Crippen LogP contribution in [0, 0.1) is 5.92 Å². The van der Waals surface area contributed by atoms with Gasteiger partial charge in [-0.2, -0.15) is 0 Å². The van der Waals surface area contributed by atoms with Crippen LogP contribution < -0.4 is 10.9 Å². The minimum Gasteiger partial charge on any atom is -0.380 e. The van der Waals surface area contributed by atoms with Gasteiger partial charge in [0.2, 0.25) is 0 Å². The number of nitrogens with zero attached hydrogens (tertiary/aromatic N) is 1. The van der Waals surface area contributed by atoms with Gasteiger partial charge in [-0.05, 0) is 44.3 Å². The molecule has 1 aliphatic rings. The Morgan fingerprint density at radius 3 is 3.11 bits per heavy atom. The second-order valence-electron chi connectivity index (χ2n) is 4.85. The summed E-state index contributed by atoms with van der Waals surface area (Å²) in [5.74, 6) is 0.762. The number of hydrogen-bond acceptors (Lipinski definition) is 3. The van der Waals surface area contributed by atoms with E-state index in [1.165, 1.54) is 12.8 Å². The number of aromatic nitrogens is 1. The predicted molar refractivity (Wildman–Crippen MR) is 71.7 cm³/mol. The first kappa shape index (κ1) is 13.3. The first-order chi connectivity index (χ1) is 8.86. The van der Waals surface area contributed by atoms with Gasteiger partial charge in [-0.3, -0.25) is 4.79 Å². The standard InChI is InChI=1S/C14H22N2O2/c17-14-5-1-2-8-16(14)9-11-18-10-6-13-4-3-7-15-12-13/h1-2,5,8,13,15H,3-4,6-7,9-12H2. The van der Waals surface area contributed by atoms with Gasteiger partial charge in [-0.1, -0.05) is 6.07 Å². The number of hydrogen-bond donors (Lipinski definition) is 1. The fourth-order valence-electron chi connectivity index (χ4n) is 2.33. The second kappa shape index (κ2) is 7.34. The molecule has 4 heteroatoms. The lowest BCUT2D eigenvalue weighted by Crippen LogP contribution is -2.30. The summed E-state index contributed by atoms with van der Waals surface area (Å²) in [7, 11) is 0. The van der Waals surface area contributed by atoms with Crippen LogP contribution in [0.2, 0.25) is 0 Å². The van der Waals surface area contributed by atoms with Crippen LogP contribution in [-0.2, 0) is 11.3 Å². The van der Waals surface area contributed by atoms with Gasteiger partial charge in [0.15, 0.2) is 0 Å². The molecule has 0 spiro atoms. The molecule has 18 heavy (non-hydrogen) atoms. The third kappa shape index (κ3) is 4.27. The summed E-state index contributed by atoms with van der Waals surface area (Å²) in [6.45, 7) is 4.34. The SMILES string of the molecule is O=c1ccccn1CCOCCC1CCCNC1. The van der Waals surface area contributed by atoms with Crippen molar-refractivity contribution in [3.8, 4) is 0 Å². The number of pyridine rings is 1. The van der Waals surface area contributed by atoms with Gasteiger partial charge in [0, 0.05) is 25.4 Å². The van der Waals surface area contributed by atoms with E-state index in [-0.39, 0.29) is 5.56 Å². The summed E-state index contributed by atoms with van der Waals surface area (Å²) in [6, 6.07) is 5.21. The van der Waals surface area contributed by atoms with E-state index in [9.17, 15) is 4.79 Å². The van der Waals surface area contributed by atoms with Crippen LogP contribution in [0.3, 0.4) is 0 Å². The lowest BCUT2D eigenvalue weighted by atomic mass is 9.97. The Labute approximate surface area is 108 Å². The van der Waals surface area contributed by atoms with E-state index in [0.717, 1.165) is 32.0 Å². The molecule has 1 saturated heterocycles. The fourth-order valence-corrected chi connectivity index (χ4v) is 2.33. The largest absolute Gasteiger partial charge is 0.380 e. The quantitative estimate of drug-likeness (QED) is 0.773. The Bertz CT molecular complexity index is 397. The Hall–Kier alpha value is -1.13. The molecule has 1 aromatic rings. The van der Waals surface area contributed by atoms with E-state index in [0.29, 0.717) is 13.2 Å². The Balaban J connectivity index is 1.58. The molecular formula is C14H22N2O2. The van der Waals surface area contributed by atoms with Gasteiger partial charge in [0.25, 0.3) is 5.56 Å². The van der Waals surface area contributed by atoms with Crippen molar-refractivity contribution < 1.29 is 4.74 Å². The molecule has 0 aliphatic carbocycles. The lowest BCUT2D eigenvalue weighted by molar-refractivity contribution is 0.108. The highest BCUT2D eigenvalue weighted by Crippen LogP contribution is 2.13. The molecule has 100 valence electrons. The van der Waals surface area contributed by atoms with E-state index in [4.69, 9.17) is 4.74 Å². The zero-order chi connectivity index (χ0) is 12.6. The second-order valence-corrected chi connectivity index (χ2v) is 4.85. The minimum absolute atomic E-state index is 0.0394. The van der Waals surface area contributed by atoms with Crippen LogP contribution in [0.15, 0.2) is 29.2 Å². The maximum atomic E-state index is 11.4. The summed E-state index contributed by atoms with van der Waals surface area (Å²) < 4.78 is 7.29. The van der Waals surface area contributed by atoms with Crippen molar-refractivity contribution in [3.05, 3.63) is 34.7 Å². The van der Waals surface area contributed by atoms with Crippen molar-refractivity contribution >= 4 is 0 Å². The van der Waals surface area contributed by atoms with Crippen LogP contribution in [0.25, 0.3) is 0 Å². The molecule has 1 atom stereocenters. The summed E-state index contributed by atoms with van der Waals surface area (Å²) in [4.78, 5) is 11.4.